The summed E-state index contributed by atoms with van der Waals surface area (Å²) in [5.74, 6) is -0.691. The number of aryl methyl sites for hydroxylation is 1. The van der Waals surface area contributed by atoms with Crippen LogP contribution in [0.5, 0.6) is 0 Å². The highest BCUT2D eigenvalue weighted by Gasteiger charge is 2.32. The van der Waals surface area contributed by atoms with Crippen molar-refractivity contribution in [2.75, 3.05) is 7.05 Å². The van der Waals surface area contributed by atoms with E-state index in [9.17, 15) is 17.6 Å². The van der Waals surface area contributed by atoms with Crippen molar-refractivity contribution in [3.05, 3.63) is 64.7 Å². The first-order valence-corrected chi connectivity index (χ1v) is 6.28. The molecule has 0 bridgehead atoms. The average molecular weight is 298 g/mol. The molecule has 0 aliphatic carbocycles. The molecule has 2 nitrogen and oxygen atoms in total. The van der Waals surface area contributed by atoms with E-state index in [4.69, 9.17) is 0 Å². The van der Waals surface area contributed by atoms with Crippen LogP contribution >= 0.6 is 0 Å². The van der Waals surface area contributed by atoms with Crippen molar-refractivity contribution in [3.63, 3.8) is 0 Å². The molecular weight excluding hydrogens is 284 g/mol. The molecule has 2 rings (SSSR count). The van der Waals surface area contributed by atoms with Gasteiger partial charge in [-0.1, -0.05) is 6.07 Å². The molecular formula is C15H14F4N2. The zero-order chi connectivity index (χ0) is 15.6. The standard InChI is InChI=1S/C15H14F4N2/c1-9-5-10(8-21-7-9)14(20-2)12-6-11(15(17,18)19)3-4-13(12)16/h3-8,14,20H,1-2H3. The molecule has 1 aromatic heterocycles. The highest BCUT2D eigenvalue weighted by Crippen LogP contribution is 2.33. The van der Waals surface area contributed by atoms with Crippen LogP contribution in [-0.4, -0.2) is 12.0 Å². The summed E-state index contributed by atoms with van der Waals surface area (Å²) in [6.45, 7) is 1.81. The quantitative estimate of drug-likeness (QED) is 0.870. The van der Waals surface area contributed by atoms with E-state index in [0.29, 0.717) is 5.56 Å². The predicted octanol–water partition coefficient (Wildman–Crippen LogP) is 3.86. The first kappa shape index (κ1) is 15.4. The SMILES string of the molecule is CNC(c1cncc(C)c1)c1cc(C(F)(F)F)ccc1F. The van der Waals surface area contributed by atoms with Gasteiger partial charge in [0.1, 0.15) is 5.82 Å². The van der Waals surface area contributed by atoms with Crippen LogP contribution in [0.1, 0.15) is 28.3 Å². The Kier molecular flexibility index (Phi) is 4.27. The Hall–Kier alpha value is -1.95. The molecule has 0 aliphatic rings. The molecule has 1 atom stereocenters. The first-order chi connectivity index (χ1) is 9.82. The summed E-state index contributed by atoms with van der Waals surface area (Å²) in [6, 6.07) is 3.47. The molecule has 1 N–H and O–H groups in total. The molecule has 21 heavy (non-hydrogen) atoms. The van der Waals surface area contributed by atoms with Crippen LogP contribution in [0.2, 0.25) is 0 Å². The van der Waals surface area contributed by atoms with E-state index in [1.807, 2.05) is 6.92 Å². The molecule has 0 saturated heterocycles. The monoisotopic (exact) mass is 298 g/mol. The topological polar surface area (TPSA) is 24.9 Å². The van der Waals surface area contributed by atoms with E-state index in [1.165, 1.54) is 6.20 Å². The van der Waals surface area contributed by atoms with Gasteiger partial charge >= 0.3 is 6.18 Å². The fourth-order valence-corrected chi connectivity index (χ4v) is 2.18. The highest BCUT2D eigenvalue weighted by molar-refractivity contribution is 5.36. The number of nitrogens with zero attached hydrogens (tertiary/aromatic N) is 1. The summed E-state index contributed by atoms with van der Waals surface area (Å²) in [4.78, 5) is 3.99. The van der Waals surface area contributed by atoms with Crippen molar-refractivity contribution in [2.24, 2.45) is 0 Å². The minimum atomic E-state index is -4.51. The van der Waals surface area contributed by atoms with Gasteiger partial charge in [0.2, 0.25) is 0 Å². The number of hydrogen-bond acceptors (Lipinski definition) is 2. The van der Waals surface area contributed by atoms with Gasteiger partial charge in [0.05, 0.1) is 11.6 Å². The largest absolute Gasteiger partial charge is 0.416 e. The lowest BCUT2D eigenvalue weighted by molar-refractivity contribution is -0.137. The van der Waals surface area contributed by atoms with Gasteiger partial charge in [-0.25, -0.2) is 4.39 Å². The van der Waals surface area contributed by atoms with Crippen LogP contribution in [0, 0.1) is 12.7 Å². The number of hydrogen-bond donors (Lipinski definition) is 1. The number of benzene rings is 1. The highest BCUT2D eigenvalue weighted by atomic mass is 19.4. The smallest absolute Gasteiger partial charge is 0.309 e. The van der Waals surface area contributed by atoms with Gasteiger partial charge in [-0.3, -0.25) is 4.98 Å². The Morgan fingerprint density at radius 1 is 1.14 bits per heavy atom. The minimum absolute atomic E-state index is 0.0558. The van der Waals surface area contributed by atoms with Crippen LogP contribution in [0.25, 0.3) is 0 Å². The van der Waals surface area contributed by atoms with Gasteiger partial charge in [0.15, 0.2) is 0 Å². The van der Waals surface area contributed by atoms with Gasteiger partial charge < -0.3 is 5.32 Å². The normalized spacial score (nSPS) is 13.2. The number of pyridine rings is 1. The van der Waals surface area contributed by atoms with Crippen LogP contribution in [0.3, 0.4) is 0 Å². The number of halogens is 4. The third kappa shape index (κ3) is 3.39. The van der Waals surface area contributed by atoms with Crippen LogP contribution in [-0.2, 0) is 6.18 Å². The third-order valence-corrected chi connectivity index (χ3v) is 3.15. The van der Waals surface area contributed by atoms with Crippen LogP contribution in [0.15, 0.2) is 36.7 Å². The molecule has 0 fully saturated rings. The van der Waals surface area contributed by atoms with Gasteiger partial charge in [-0.15, -0.1) is 0 Å². The van der Waals surface area contributed by atoms with Crippen molar-refractivity contribution in [1.82, 2.24) is 10.3 Å². The molecule has 6 heteroatoms. The molecule has 1 unspecified atom stereocenters. The average Bonchev–Trinajstić information content (AvgIpc) is 2.40. The van der Waals surface area contributed by atoms with Crippen LogP contribution < -0.4 is 5.32 Å². The zero-order valence-corrected chi connectivity index (χ0v) is 11.5. The summed E-state index contributed by atoms with van der Waals surface area (Å²) in [5, 5.41) is 2.83. The summed E-state index contributed by atoms with van der Waals surface area (Å²) in [6.07, 6.45) is -1.38. The second-order valence-electron chi connectivity index (χ2n) is 4.75. The molecule has 1 aromatic carbocycles. The Balaban J connectivity index is 2.52. The molecule has 2 aromatic rings. The fourth-order valence-electron chi connectivity index (χ4n) is 2.18. The van der Waals surface area contributed by atoms with E-state index in [-0.39, 0.29) is 5.56 Å². The molecule has 0 aliphatic heterocycles. The van der Waals surface area contributed by atoms with E-state index >= 15 is 0 Å². The van der Waals surface area contributed by atoms with Gasteiger partial charge in [0, 0.05) is 18.0 Å². The fraction of sp³-hybridized carbons (Fsp3) is 0.267. The van der Waals surface area contributed by atoms with E-state index < -0.39 is 23.6 Å². The van der Waals surface area contributed by atoms with Crippen LogP contribution in [0.4, 0.5) is 17.6 Å². The number of alkyl halides is 3. The summed E-state index contributed by atoms with van der Waals surface area (Å²) in [5.41, 5.74) is 0.523. The van der Waals surface area contributed by atoms with Crippen molar-refractivity contribution in [1.29, 1.82) is 0 Å². The maximum atomic E-state index is 14.0. The minimum Gasteiger partial charge on any atom is -0.309 e. The van der Waals surface area contributed by atoms with Gasteiger partial charge in [-0.05, 0) is 43.3 Å². The number of rotatable bonds is 3. The Bertz CT molecular complexity index is 638. The Labute approximate surface area is 119 Å². The van der Waals surface area contributed by atoms with Crippen molar-refractivity contribution >= 4 is 0 Å². The molecule has 112 valence electrons. The molecule has 0 saturated carbocycles. The number of nitrogens with one attached hydrogen (secondary N) is 1. The Morgan fingerprint density at radius 2 is 1.86 bits per heavy atom. The Morgan fingerprint density at radius 3 is 2.43 bits per heavy atom. The molecule has 0 amide bonds. The van der Waals surface area contributed by atoms with Gasteiger partial charge in [0.25, 0.3) is 0 Å². The van der Waals surface area contributed by atoms with E-state index in [1.54, 1.807) is 19.3 Å². The van der Waals surface area contributed by atoms with E-state index in [0.717, 1.165) is 23.8 Å². The predicted molar refractivity (Wildman–Crippen MR) is 71.3 cm³/mol. The summed E-state index contributed by atoms with van der Waals surface area (Å²) < 4.78 is 52.3. The van der Waals surface area contributed by atoms with Crippen molar-refractivity contribution in [2.45, 2.75) is 19.1 Å². The first-order valence-electron chi connectivity index (χ1n) is 6.28. The van der Waals surface area contributed by atoms with E-state index in [2.05, 4.69) is 10.3 Å². The molecule has 0 spiro atoms. The molecule has 1 heterocycles. The second kappa shape index (κ2) is 5.81. The van der Waals surface area contributed by atoms with Crippen molar-refractivity contribution < 1.29 is 17.6 Å². The second-order valence-corrected chi connectivity index (χ2v) is 4.75. The maximum absolute atomic E-state index is 14.0. The summed E-state index contributed by atoms with van der Waals surface area (Å²) >= 11 is 0. The third-order valence-electron chi connectivity index (χ3n) is 3.15. The lowest BCUT2D eigenvalue weighted by Crippen LogP contribution is -2.20. The molecule has 0 radical (unpaired) electrons. The maximum Gasteiger partial charge on any atom is 0.416 e. The van der Waals surface area contributed by atoms with Crippen molar-refractivity contribution in [3.8, 4) is 0 Å². The number of aromatic nitrogens is 1. The van der Waals surface area contributed by atoms with Gasteiger partial charge in [-0.2, -0.15) is 13.2 Å². The lowest BCUT2D eigenvalue weighted by Gasteiger charge is -2.19. The summed E-state index contributed by atoms with van der Waals surface area (Å²) in [7, 11) is 1.56. The lowest BCUT2D eigenvalue weighted by atomic mass is 9.97. The zero-order valence-electron chi connectivity index (χ0n) is 11.5.